The van der Waals surface area contributed by atoms with Gasteiger partial charge in [-0.2, -0.15) is 0 Å². The molecule has 1 saturated heterocycles. The van der Waals surface area contributed by atoms with E-state index in [0.29, 0.717) is 34.8 Å². The van der Waals surface area contributed by atoms with Crippen LogP contribution in [0.25, 0.3) is 11.0 Å². The first kappa shape index (κ1) is 16.7. The third kappa shape index (κ3) is 2.87. The summed E-state index contributed by atoms with van der Waals surface area (Å²) in [5, 5.41) is 9.85. The molecule has 1 N–H and O–H groups in total. The Labute approximate surface area is 146 Å². The molecule has 2 aliphatic rings. The number of ether oxygens (including phenoxy) is 1. The van der Waals surface area contributed by atoms with Crippen molar-refractivity contribution in [3.05, 3.63) is 29.7 Å². The minimum absolute atomic E-state index is 0.0698. The molecule has 0 amide bonds. The molecule has 0 aromatic carbocycles. The third-order valence-corrected chi connectivity index (χ3v) is 6.05. The monoisotopic (exact) mass is 345 g/mol. The van der Waals surface area contributed by atoms with Gasteiger partial charge in [-0.1, -0.05) is 6.42 Å². The molecular formula is C19H24FN3O2. The van der Waals surface area contributed by atoms with Gasteiger partial charge in [0.15, 0.2) is 0 Å². The Bertz CT molecular complexity index is 785. The van der Waals surface area contributed by atoms with Gasteiger partial charge in [0.05, 0.1) is 30.9 Å². The first-order chi connectivity index (χ1) is 12.1. The smallest absolute Gasteiger partial charge is 0.213 e. The molecule has 4 rings (SSSR count). The van der Waals surface area contributed by atoms with Crippen LogP contribution < -0.4 is 4.74 Å². The summed E-state index contributed by atoms with van der Waals surface area (Å²) in [4.78, 5) is 10.9. The van der Waals surface area contributed by atoms with Gasteiger partial charge in [0.2, 0.25) is 5.88 Å². The van der Waals surface area contributed by atoms with Crippen molar-refractivity contribution in [2.24, 2.45) is 11.3 Å². The lowest BCUT2D eigenvalue weighted by atomic mass is 9.82. The van der Waals surface area contributed by atoms with Crippen LogP contribution in [0.2, 0.25) is 0 Å². The van der Waals surface area contributed by atoms with E-state index in [-0.39, 0.29) is 17.8 Å². The number of aliphatic hydroxyl groups is 1. The zero-order valence-electron chi connectivity index (χ0n) is 14.5. The predicted octanol–water partition coefficient (Wildman–Crippen LogP) is 2.41. The van der Waals surface area contributed by atoms with Crippen molar-refractivity contribution in [3.63, 3.8) is 0 Å². The molecule has 0 spiro atoms. The summed E-state index contributed by atoms with van der Waals surface area (Å²) in [5.74, 6) is 0.732. The number of aromatic nitrogens is 2. The van der Waals surface area contributed by atoms with E-state index in [0.717, 1.165) is 26.1 Å². The third-order valence-electron chi connectivity index (χ3n) is 6.05. The molecule has 2 atom stereocenters. The van der Waals surface area contributed by atoms with Crippen LogP contribution in [0.5, 0.6) is 5.88 Å². The standard InChI is InChI=1S/C19H24FN3O2/c1-25-17-5-4-16-18(22-17)14(15(20)9-21-16)6-8-23-10-13-3-2-7-19(13,11-23)12-24/h4-5,9,13,24H,2-3,6-8,10-12H2,1H3/t13-,19+/m0/s1. The van der Waals surface area contributed by atoms with Crippen LogP contribution in [0.4, 0.5) is 4.39 Å². The molecule has 0 bridgehead atoms. The van der Waals surface area contributed by atoms with Crippen molar-refractivity contribution >= 4 is 11.0 Å². The van der Waals surface area contributed by atoms with E-state index < -0.39 is 0 Å². The second kappa shape index (κ2) is 6.50. The van der Waals surface area contributed by atoms with E-state index in [9.17, 15) is 9.50 Å². The maximum Gasteiger partial charge on any atom is 0.213 e. The second-order valence-corrected chi connectivity index (χ2v) is 7.40. The van der Waals surface area contributed by atoms with Gasteiger partial charge in [0, 0.05) is 36.7 Å². The Kier molecular flexibility index (Phi) is 4.33. The molecule has 6 heteroatoms. The summed E-state index contributed by atoms with van der Waals surface area (Å²) >= 11 is 0. The Balaban J connectivity index is 1.54. The minimum atomic E-state index is -0.315. The number of pyridine rings is 2. The van der Waals surface area contributed by atoms with Gasteiger partial charge in [-0.05, 0) is 31.2 Å². The summed E-state index contributed by atoms with van der Waals surface area (Å²) in [6, 6.07) is 3.55. The number of hydrogen-bond acceptors (Lipinski definition) is 5. The SMILES string of the molecule is COc1ccc2ncc(F)c(CCN3C[C@@H]4CCC[C@]4(CO)C3)c2n1. The molecule has 1 aliphatic heterocycles. The maximum atomic E-state index is 14.4. The molecule has 1 saturated carbocycles. The molecule has 2 fully saturated rings. The van der Waals surface area contributed by atoms with E-state index >= 15 is 0 Å². The highest BCUT2D eigenvalue weighted by Crippen LogP contribution is 2.48. The molecule has 0 radical (unpaired) electrons. The van der Waals surface area contributed by atoms with Crippen molar-refractivity contribution in [3.8, 4) is 5.88 Å². The number of aliphatic hydroxyl groups excluding tert-OH is 1. The number of methoxy groups -OCH3 is 1. The average molecular weight is 345 g/mol. The highest BCUT2D eigenvalue weighted by atomic mass is 19.1. The molecule has 5 nitrogen and oxygen atoms in total. The number of halogens is 1. The molecule has 3 heterocycles. The van der Waals surface area contributed by atoms with Crippen molar-refractivity contribution in [1.82, 2.24) is 14.9 Å². The number of likely N-dealkylation sites (tertiary alicyclic amines) is 1. The first-order valence-corrected chi connectivity index (χ1v) is 8.96. The van der Waals surface area contributed by atoms with Crippen LogP contribution in [0.1, 0.15) is 24.8 Å². The highest BCUT2D eigenvalue weighted by molar-refractivity contribution is 5.78. The summed E-state index contributed by atoms with van der Waals surface area (Å²) in [7, 11) is 1.55. The van der Waals surface area contributed by atoms with Crippen LogP contribution in [0.15, 0.2) is 18.3 Å². The van der Waals surface area contributed by atoms with Crippen LogP contribution in [0, 0.1) is 17.2 Å². The van der Waals surface area contributed by atoms with Crippen LogP contribution in [-0.4, -0.2) is 53.3 Å². The molecule has 1 aliphatic carbocycles. The topological polar surface area (TPSA) is 58.5 Å². The lowest BCUT2D eigenvalue weighted by Gasteiger charge is -2.26. The van der Waals surface area contributed by atoms with Crippen molar-refractivity contribution in [2.45, 2.75) is 25.7 Å². The highest BCUT2D eigenvalue weighted by Gasteiger charge is 2.48. The Morgan fingerprint density at radius 3 is 3.08 bits per heavy atom. The van der Waals surface area contributed by atoms with Gasteiger partial charge in [-0.25, -0.2) is 9.37 Å². The summed E-state index contributed by atoms with van der Waals surface area (Å²) in [6.07, 6.45) is 5.38. The van der Waals surface area contributed by atoms with Crippen molar-refractivity contribution < 1.29 is 14.2 Å². The molecule has 134 valence electrons. The van der Waals surface area contributed by atoms with Crippen molar-refractivity contribution in [1.29, 1.82) is 0 Å². The lowest BCUT2D eigenvalue weighted by molar-refractivity contribution is 0.112. The summed E-state index contributed by atoms with van der Waals surface area (Å²) in [6.45, 7) is 2.95. The first-order valence-electron chi connectivity index (χ1n) is 8.96. The quantitative estimate of drug-likeness (QED) is 0.902. The van der Waals surface area contributed by atoms with Gasteiger partial charge >= 0.3 is 0 Å². The van der Waals surface area contributed by atoms with E-state index in [1.807, 2.05) is 6.07 Å². The fraction of sp³-hybridized carbons (Fsp3) is 0.579. The molecule has 2 aromatic rings. The largest absolute Gasteiger partial charge is 0.481 e. The summed E-state index contributed by atoms with van der Waals surface area (Å²) < 4.78 is 19.6. The average Bonchev–Trinajstić information content (AvgIpc) is 3.17. The lowest BCUT2D eigenvalue weighted by Crippen LogP contribution is -2.31. The zero-order chi connectivity index (χ0) is 17.4. The number of nitrogens with zero attached hydrogens (tertiary/aromatic N) is 3. The number of hydrogen-bond donors (Lipinski definition) is 1. The van der Waals surface area contributed by atoms with Gasteiger partial charge < -0.3 is 14.7 Å². The van der Waals surface area contributed by atoms with E-state index in [4.69, 9.17) is 4.74 Å². The molecule has 25 heavy (non-hydrogen) atoms. The van der Waals surface area contributed by atoms with Gasteiger partial charge in [0.1, 0.15) is 5.82 Å². The van der Waals surface area contributed by atoms with Gasteiger partial charge in [0.25, 0.3) is 0 Å². The van der Waals surface area contributed by atoms with Gasteiger partial charge in [-0.15, -0.1) is 0 Å². The van der Waals surface area contributed by atoms with E-state index in [2.05, 4.69) is 14.9 Å². The van der Waals surface area contributed by atoms with E-state index in [1.165, 1.54) is 19.0 Å². The van der Waals surface area contributed by atoms with Gasteiger partial charge in [-0.3, -0.25) is 4.98 Å². The predicted molar refractivity (Wildman–Crippen MR) is 93.1 cm³/mol. The fourth-order valence-corrected chi connectivity index (χ4v) is 4.65. The van der Waals surface area contributed by atoms with E-state index in [1.54, 1.807) is 13.2 Å². The van der Waals surface area contributed by atoms with Crippen molar-refractivity contribution in [2.75, 3.05) is 33.4 Å². The second-order valence-electron chi connectivity index (χ2n) is 7.40. The number of fused-ring (bicyclic) bond motifs is 2. The molecule has 0 unspecified atom stereocenters. The Hall–Kier alpha value is -1.79. The molecular weight excluding hydrogens is 321 g/mol. The van der Waals surface area contributed by atoms with Crippen LogP contribution >= 0.6 is 0 Å². The maximum absolute atomic E-state index is 14.4. The summed E-state index contributed by atoms with van der Waals surface area (Å²) in [5.41, 5.74) is 1.93. The minimum Gasteiger partial charge on any atom is -0.481 e. The fourth-order valence-electron chi connectivity index (χ4n) is 4.65. The molecule has 2 aromatic heterocycles. The Morgan fingerprint density at radius 1 is 1.44 bits per heavy atom. The number of rotatable bonds is 5. The van der Waals surface area contributed by atoms with Crippen LogP contribution in [0.3, 0.4) is 0 Å². The Morgan fingerprint density at radius 2 is 2.32 bits per heavy atom. The normalized spacial score (nSPS) is 26.3. The van der Waals surface area contributed by atoms with Crippen LogP contribution in [-0.2, 0) is 6.42 Å². The zero-order valence-corrected chi connectivity index (χ0v) is 14.5.